The van der Waals surface area contributed by atoms with Gasteiger partial charge in [-0.15, -0.1) is 11.6 Å². The number of carbonyl (C=O) groups excluding carboxylic acids is 1. The average molecular weight is 147 g/mol. The SMILES string of the molecule is C=C(CCl)C(=O)CCC. The lowest BCUT2D eigenvalue weighted by Gasteiger charge is -1.95. The Morgan fingerprint density at radius 1 is 1.67 bits per heavy atom. The van der Waals surface area contributed by atoms with Gasteiger partial charge in [0.2, 0.25) is 0 Å². The van der Waals surface area contributed by atoms with E-state index in [9.17, 15) is 4.79 Å². The number of alkyl halides is 1. The summed E-state index contributed by atoms with van der Waals surface area (Å²) in [5, 5.41) is 0. The van der Waals surface area contributed by atoms with E-state index >= 15 is 0 Å². The Bertz CT molecular complexity index is 118. The minimum absolute atomic E-state index is 0.0903. The van der Waals surface area contributed by atoms with Gasteiger partial charge in [-0.1, -0.05) is 13.5 Å². The summed E-state index contributed by atoms with van der Waals surface area (Å²) in [6.45, 7) is 5.47. The minimum atomic E-state index is 0.0903. The molecule has 0 bridgehead atoms. The van der Waals surface area contributed by atoms with E-state index in [1.165, 1.54) is 0 Å². The Morgan fingerprint density at radius 3 is 2.56 bits per heavy atom. The molecule has 0 rings (SSSR count). The van der Waals surface area contributed by atoms with Gasteiger partial charge in [0.1, 0.15) is 0 Å². The average Bonchev–Trinajstić information content (AvgIpc) is 1.87. The summed E-state index contributed by atoms with van der Waals surface area (Å²) in [5.41, 5.74) is 0.526. The Morgan fingerprint density at radius 2 is 2.22 bits per heavy atom. The van der Waals surface area contributed by atoms with Crippen molar-refractivity contribution in [2.45, 2.75) is 19.8 Å². The predicted molar refractivity (Wildman–Crippen MR) is 39.8 cm³/mol. The first kappa shape index (κ1) is 8.70. The van der Waals surface area contributed by atoms with E-state index in [0.29, 0.717) is 12.0 Å². The number of rotatable bonds is 4. The van der Waals surface area contributed by atoms with Crippen LogP contribution < -0.4 is 0 Å². The molecular weight excluding hydrogens is 136 g/mol. The molecule has 52 valence electrons. The van der Waals surface area contributed by atoms with Gasteiger partial charge in [-0.2, -0.15) is 0 Å². The highest BCUT2D eigenvalue weighted by Crippen LogP contribution is 2.01. The second-order valence-corrected chi connectivity index (χ2v) is 2.18. The van der Waals surface area contributed by atoms with Crippen molar-refractivity contribution in [2.75, 3.05) is 5.88 Å². The van der Waals surface area contributed by atoms with Gasteiger partial charge in [0.25, 0.3) is 0 Å². The topological polar surface area (TPSA) is 17.1 Å². The van der Waals surface area contributed by atoms with Crippen molar-refractivity contribution in [1.82, 2.24) is 0 Å². The van der Waals surface area contributed by atoms with Crippen molar-refractivity contribution in [1.29, 1.82) is 0 Å². The zero-order valence-corrected chi connectivity index (χ0v) is 6.37. The first-order chi connectivity index (χ1) is 4.22. The summed E-state index contributed by atoms with van der Waals surface area (Å²) in [6, 6.07) is 0. The van der Waals surface area contributed by atoms with Gasteiger partial charge in [-0.25, -0.2) is 0 Å². The summed E-state index contributed by atoms with van der Waals surface area (Å²) in [5.74, 6) is 0.353. The normalized spacial score (nSPS) is 9.11. The fourth-order valence-corrected chi connectivity index (χ4v) is 0.627. The van der Waals surface area contributed by atoms with Gasteiger partial charge in [0, 0.05) is 12.0 Å². The van der Waals surface area contributed by atoms with Crippen LogP contribution in [0, 0.1) is 0 Å². The van der Waals surface area contributed by atoms with Crippen LogP contribution >= 0.6 is 11.6 Å². The monoisotopic (exact) mass is 146 g/mol. The molecule has 0 saturated heterocycles. The number of Topliss-reactive ketones (excluding diaryl/α,β-unsaturated/α-hetero) is 1. The molecule has 0 N–H and O–H groups in total. The molecule has 0 amide bonds. The smallest absolute Gasteiger partial charge is 0.159 e. The van der Waals surface area contributed by atoms with E-state index in [1.807, 2.05) is 6.92 Å². The van der Waals surface area contributed by atoms with Crippen LogP contribution in [0.2, 0.25) is 0 Å². The van der Waals surface area contributed by atoms with Crippen LogP contribution in [0.3, 0.4) is 0 Å². The maximum absolute atomic E-state index is 10.8. The van der Waals surface area contributed by atoms with E-state index in [2.05, 4.69) is 6.58 Å². The number of hydrogen-bond donors (Lipinski definition) is 0. The molecule has 1 nitrogen and oxygen atoms in total. The molecule has 0 aliphatic heterocycles. The van der Waals surface area contributed by atoms with Crippen molar-refractivity contribution < 1.29 is 4.79 Å². The van der Waals surface area contributed by atoms with Gasteiger partial charge >= 0.3 is 0 Å². The van der Waals surface area contributed by atoms with E-state index in [1.54, 1.807) is 0 Å². The second-order valence-electron chi connectivity index (χ2n) is 1.91. The molecule has 2 heteroatoms. The molecule has 9 heavy (non-hydrogen) atoms. The van der Waals surface area contributed by atoms with E-state index in [4.69, 9.17) is 11.6 Å². The fraction of sp³-hybridized carbons (Fsp3) is 0.571. The van der Waals surface area contributed by atoms with Crippen LogP contribution in [0.4, 0.5) is 0 Å². The molecule has 0 aromatic carbocycles. The standard InChI is InChI=1S/C7H11ClO/c1-3-4-7(9)6(2)5-8/h2-5H2,1H3. The van der Waals surface area contributed by atoms with Gasteiger partial charge in [-0.05, 0) is 6.42 Å². The highest BCUT2D eigenvalue weighted by atomic mass is 35.5. The largest absolute Gasteiger partial charge is 0.295 e. The van der Waals surface area contributed by atoms with Crippen molar-refractivity contribution in [3.05, 3.63) is 12.2 Å². The number of hydrogen-bond acceptors (Lipinski definition) is 1. The maximum atomic E-state index is 10.8. The third kappa shape index (κ3) is 3.31. The van der Waals surface area contributed by atoms with Crippen molar-refractivity contribution in [3.63, 3.8) is 0 Å². The summed E-state index contributed by atoms with van der Waals surface area (Å²) < 4.78 is 0. The maximum Gasteiger partial charge on any atom is 0.159 e. The van der Waals surface area contributed by atoms with Crippen molar-refractivity contribution >= 4 is 17.4 Å². The molecule has 0 fully saturated rings. The van der Waals surface area contributed by atoms with Crippen molar-refractivity contribution in [3.8, 4) is 0 Å². The van der Waals surface area contributed by atoms with Crippen LogP contribution in [0.15, 0.2) is 12.2 Å². The third-order valence-corrected chi connectivity index (χ3v) is 1.36. The molecular formula is C7H11ClO. The van der Waals surface area contributed by atoms with Gasteiger partial charge < -0.3 is 0 Å². The highest BCUT2D eigenvalue weighted by Gasteiger charge is 2.02. The van der Waals surface area contributed by atoms with E-state index in [0.717, 1.165) is 6.42 Å². The molecule has 0 heterocycles. The highest BCUT2D eigenvalue weighted by molar-refractivity contribution is 6.22. The Balaban J connectivity index is 3.60. The lowest BCUT2D eigenvalue weighted by molar-refractivity contribution is -0.115. The first-order valence-corrected chi connectivity index (χ1v) is 3.52. The molecule has 0 spiro atoms. The quantitative estimate of drug-likeness (QED) is 0.439. The van der Waals surface area contributed by atoms with Crippen molar-refractivity contribution in [2.24, 2.45) is 0 Å². The zero-order valence-electron chi connectivity index (χ0n) is 5.61. The van der Waals surface area contributed by atoms with Crippen LogP contribution in [-0.2, 0) is 4.79 Å². The molecule has 0 unspecified atom stereocenters. The molecule has 0 radical (unpaired) electrons. The summed E-state index contributed by atoms with van der Waals surface area (Å²) in [4.78, 5) is 10.8. The first-order valence-electron chi connectivity index (χ1n) is 2.99. The fourth-order valence-electron chi connectivity index (χ4n) is 0.478. The van der Waals surface area contributed by atoms with Crippen LogP contribution in [0.5, 0.6) is 0 Å². The Kier molecular flexibility index (Phi) is 4.41. The number of carbonyl (C=O) groups is 1. The number of ketones is 1. The molecule has 0 saturated carbocycles. The molecule has 0 aromatic rings. The minimum Gasteiger partial charge on any atom is -0.295 e. The number of halogens is 1. The van der Waals surface area contributed by atoms with Crippen LogP contribution in [-0.4, -0.2) is 11.7 Å². The van der Waals surface area contributed by atoms with E-state index < -0.39 is 0 Å². The summed E-state index contributed by atoms with van der Waals surface area (Å²) in [6.07, 6.45) is 1.44. The number of allylic oxidation sites excluding steroid dienone is 1. The second kappa shape index (κ2) is 4.57. The van der Waals surface area contributed by atoms with Gasteiger partial charge in [-0.3, -0.25) is 4.79 Å². The summed E-state index contributed by atoms with van der Waals surface area (Å²) >= 11 is 5.36. The van der Waals surface area contributed by atoms with Crippen LogP contribution in [0.25, 0.3) is 0 Å². The molecule has 0 aromatic heterocycles. The lowest BCUT2D eigenvalue weighted by Crippen LogP contribution is -2.00. The summed E-state index contributed by atoms with van der Waals surface area (Å²) in [7, 11) is 0. The predicted octanol–water partition coefficient (Wildman–Crippen LogP) is 2.15. The Hall–Kier alpha value is -0.300. The lowest BCUT2D eigenvalue weighted by atomic mass is 10.1. The van der Waals surface area contributed by atoms with Gasteiger partial charge in [0.05, 0.1) is 5.88 Å². The van der Waals surface area contributed by atoms with Crippen LogP contribution in [0.1, 0.15) is 19.8 Å². The molecule has 0 atom stereocenters. The third-order valence-electron chi connectivity index (χ3n) is 1.03. The molecule has 0 aliphatic rings. The Labute approximate surface area is 60.7 Å². The van der Waals surface area contributed by atoms with Gasteiger partial charge in [0.15, 0.2) is 5.78 Å². The zero-order chi connectivity index (χ0) is 7.28. The molecule has 0 aliphatic carbocycles. The van der Waals surface area contributed by atoms with E-state index in [-0.39, 0.29) is 11.7 Å².